The van der Waals surface area contributed by atoms with Gasteiger partial charge in [-0.3, -0.25) is 9.05 Å². The van der Waals surface area contributed by atoms with Crippen LogP contribution < -0.4 is 5.09 Å². The second kappa shape index (κ2) is 9.30. The van der Waals surface area contributed by atoms with E-state index < -0.39 is 29.9 Å². The first-order chi connectivity index (χ1) is 13.9. The average Bonchev–Trinajstić information content (AvgIpc) is 2.56. The van der Waals surface area contributed by atoms with Crippen molar-refractivity contribution in [1.29, 1.82) is 0 Å². The van der Waals surface area contributed by atoms with Crippen LogP contribution in [0.4, 0.5) is 0 Å². The van der Waals surface area contributed by atoms with Crippen LogP contribution in [0.1, 0.15) is 101 Å². The zero-order chi connectivity index (χ0) is 23.9. The molecule has 0 aromatic heterocycles. The van der Waals surface area contributed by atoms with Crippen LogP contribution in [0.2, 0.25) is 0 Å². The van der Waals surface area contributed by atoms with Crippen molar-refractivity contribution in [3.05, 3.63) is 0 Å². The molecule has 31 heavy (non-hydrogen) atoms. The first kappa shape index (κ1) is 27.2. The Morgan fingerprint density at radius 1 is 0.774 bits per heavy atom. The van der Waals surface area contributed by atoms with Crippen LogP contribution >= 0.6 is 7.75 Å². The quantitative estimate of drug-likeness (QED) is 0.392. The number of nitrogens with one attached hydrogen (secondary N) is 1. The normalized spacial score (nSPS) is 27.5. The van der Waals surface area contributed by atoms with Gasteiger partial charge in [-0.2, -0.15) is 0 Å². The van der Waals surface area contributed by atoms with Gasteiger partial charge in [0.2, 0.25) is 0 Å². The number of hydrogen-bond donors (Lipinski definition) is 1. The van der Waals surface area contributed by atoms with Gasteiger partial charge >= 0.3 is 7.75 Å². The maximum atomic E-state index is 13.9. The highest BCUT2D eigenvalue weighted by atomic mass is 31.2. The van der Waals surface area contributed by atoms with Gasteiger partial charge in [0.05, 0.1) is 12.2 Å². The van der Waals surface area contributed by atoms with E-state index in [1.54, 1.807) is 0 Å². The Morgan fingerprint density at radius 3 is 1.39 bits per heavy atom. The van der Waals surface area contributed by atoms with E-state index in [0.717, 1.165) is 23.0 Å². The van der Waals surface area contributed by atoms with Gasteiger partial charge in [0.25, 0.3) is 0 Å². The molecule has 1 N–H and O–H groups in total. The molecule has 2 aliphatic heterocycles. The smallest absolute Gasteiger partial charge is 0.293 e. The molecule has 0 unspecified atom stereocenters. The fraction of sp³-hybridized carbons (Fsp3) is 1.00. The van der Waals surface area contributed by atoms with E-state index in [2.05, 4.69) is 12.0 Å². The van der Waals surface area contributed by atoms with Crippen molar-refractivity contribution in [2.45, 2.75) is 135 Å². The minimum Gasteiger partial charge on any atom is -0.293 e. The largest absolute Gasteiger partial charge is 0.406 e. The van der Waals surface area contributed by atoms with E-state index in [9.17, 15) is 15.0 Å². The number of piperidine rings is 2. The number of nitrogens with zero attached hydrogens (tertiary/aromatic N) is 2. The monoisotopic (exact) mass is 461 g/mol. The van der Waals surface area contributed by atoms with Crippen molar-refractivity contribution in [2.75, 3.05) is 6.54 Å². The van der Waals surface area contributed by atoms with Crippen LogP contribution in [-0.2, 0) is 24.0 Å². The minimum absolute atomic E-state index is 0.365. The summed E-state index contributed by atoms with van der Waals surface area (Å²) in [4.78, 5) is 0. The molecule has 0 atom stereocenters. The van der Waals surface area contributed by atoms with Gasteiger partial charge in [-0.25, -0.2) is 9.65 Å². The lowest BCUT2D eigenvalue weighted by Crippen LogP contribution is -2.60. The third-order valence-corrected chi connectivity index (χ3v) is 8.28. The van der Waals surface area contributed by atoms with Gasteiger partial charge in [0.1, 0.15) is 0 Å². The van der Waals surface area contributed by atoms with Crippen molar-refractivity contribution >= 4 is 7.75 Å². The molecule has 2 rings (SSSR count). The molecule has 0 spiro atoms. The standard InChI is InChI=1S/C22H44N3O5P/c1-10-11-12-23-31(28,29-17-13-19(2,3)24(26)20(4,5)14-17)30-18-15-21(6,7)25(27)22(8,9)16-18/h17-18H,10-16H2,1-9H3,(H,23,28). The molecule has 0 bridgehead atoms. The Morgan fingerprint density at radius 2 is 1.10 bits per heavy atom. The molecule has 2 radical (unpaired) electrons. The first-order valence-corrected chi connectivity index (χ1v) is 13.2. The molecule has 0 saturated carbocycles. The Hall–Kier alpha value is -0.0500. The number of unbranched alkanes of at least 4 members (excludes halogenated alkanes) is 1. The minimum atomic E-state index is -3.64. The fourth-order valence-electron chi connectivity index (χ4n) is 5.38. The zero-order valence-electron chi connectivity index (χ0n) is 21.0. The summed E-state index contributed by atoms with van der Waals surface area (Å²) in [5.74, 6) is 0. The molecule has 182 valence electrons. The second-order valence-electron chi connectivity index (χ2n) is 11.9. The maximum absolute atomic E-state index is 13.9. The van der Waals surface area contributed by atoms with E-state index in [1.165, 1.54) is 0 Å². The van der Waals surface area contributed by atoms with Crippen LogP contribution in [-0.4, -0.2) is 51.0 Å². The predicted molar refractivity (Wildman–Crippen MR) is 120 cm³/mol. The SMILES string of the molecule is CCCCNP(=O)(OC1CC(C)(C)N([O])C(C)(C)C1)OC1CC(C)(C)N([O])C(C)(C)C1. The molecule has 2 heterocycles. The van der Waals surface area contributed by atoms with Crippen molar-refractivity contribution in [3.63, 3.8) is 0 Å². The summed E-state index contributed by atoms with van der Waals surface area (Å²) < 4.78 is 26.2. The van der Waals surface area contributed by atoms with Crippen LogP contribution in [0.5, 0.6) is 0 Å². The van der Waals surface area contributed by atoms with Gasteiger partial charge in [-0.05, 0) is 87.5 Å². The van der Waals surface area contributed by atoms with Crippen molar-refractivity contribution in [3.8, 4) is 0 Å². The maximum Gasteiger partial charge on any atom is 0.406 e. The summed E-state index contributed by atoms with van der Waals surface area (Å²) >= 11 is 0. The van der Waals surface area contributed by atoms with Gasteiger partial charge in [-0.1, -0.05) is 13.3 Å². The summed E-state index contributed by atoms with van der Waals surface area (Å²) in [7, 11) is -3.64. The molecular weight excluding hydrogens is 417 g/mol. The van der Waals surface area contributed by atoms with E-state index in [4.69, 9.17) is 9.05 Å². The molecule has 2 saturated heterocycles. The average molecular weight is 462 g/mol. The topological polar surface area (TPSA) is 93.8 Å². The van der Waals surface area contributed by atoms with E-state index >= 15 is 0 Å². The van der Waals surface area contributed by atoms with E-state index in [0.29, 0.717) is 32.2 Å². The predicted octanol–water partition coefficient (Wildman–Crippen LogP) is 5.25. The molecule has 0 aromatic carbocycles. The Balaban J connectivity index is 2.21. The Bertz CT molecular complexity index is 584. The number of hydroxylamine groups is 4. The lowest BCUT2D eigenvalue weighted by Gasteiger charge is -2.51. The summed E-state index contributed by atoms with van der Waals surface area (Å²) in [5.41, 5.74) is -2.51. The van der Waals surface area contributed by atoms with Crippen LogP contribution in [0.3, 0.4) is 0 Å². The van der Waals surface area contributed by atoms with Gasteiger partial charge < -0.3 is 0 Å². The Labute approximate surface area is 189 Å². The van der Waals surface area contributed by atoms with E-state index in [-0.39, 0.29) is 12.2 Å². The molecule has 2 aliphatic rings. The molecule has 8 nitrogen and oxygen atoms in total. The van der Waals surface area contributed by atoms with E-state index in [1.807, 2.05) is 55.4 Å². The lowest BCUT2D eigenvalue weighted by molar-refractivity contribution is -0.299. The van der Waals surface area contributed by atoms with Crippen LogP contribution in [0.15, 0.2) is 0 Å². The molecular formula is C22H44N3O5P. The Kier molecular flexibility index (Phi) is 8.16. The molecule has 2 fully saturated rings. The summed E-state index contributed by atoms with van der Waals surface area (Å²) in [6, 6.07) is 0. The van der Waals surface area contributed by atoms with Gasteiger partial charge in [-0.15, -0.1) is 20.5 Å². The number of hydrogen-bond acceptors (Lipinski definition) is 5. The van der Waals surface area contributed by atoms with Crippen molar-refractivity contribution in [2.24, 2.45) is 0 Å². The highest BCUT2D eigenvalue weighted by Gasteiger charge is 2.51. The third kappa shape index (κ3) is 6.51. The zero-order valence-corrected chi connectivity index (χ0v) is 21.9. The van der Waals surface area contributed by atoms with Gasteiger partial charge in [0.15, 0.2) is 0 Å². The highest BCUT2D eigenvalue weighted by Crippen LogP contribution is 2.53. The van der Waals surface area contributed by atoms with Crippen molar-refractivity contribution < 1.29 is 24.0 Å². The molecule has 9 heteroatoms. The first-order valence-electron chi connectivity index (χ1n) is 11.6. The third-order valence-electron chi connectivity index (χ3n) is 6.52. The van der Waals surface area contributed by atoms with Crippen LogP contribution in [0.25, 0.3) is 0 Å². The highest BCUT2D eigenvalue weighted by molar-refractivity contribution is 7.51. The molecule has 0 amide bonds. The lowest BCUT2D eigenvalue weighted by atomic mass is 9.80. The van der Waals surface area contributed by atoms with Gasteiger partial charge in [0, 0.05) is 28.7 Å². The number of rotatable bonds is 8. The summed E-state index contributed by atoms with van der Waals surface area (Å²) in [5, 5.41) is 30.7. The molecule has 0 aliphatic carbocycles. The van der Waals surface area contributed by atoms with Crippen molar-refractivity contribution in [1.82, 2.24) is 15.2 Å². The molecule has 0 aromatic rings. The summed E-state index contributed by atoms with van der Waals surface area (Å²) in [6.07, 6.45) is 2.96. The van der Waals surface area contributed by atoms with Crippen LogP contribution in [0, 0.1) is 0 Å². The summed E-state index contributed by atoms with van der Waals surface area (Å²) in [6.45, 7) is 17.7. The fourth-order valence-corrected chi connectivity index (χ4v) is 7.09. The second-order valence-corrected chi connectivity index (χ2v) is 13.6.